The summed E-state index contributed by atoms with van der Waals surface area (Å²) in [6, 6.07) is 2.99. The summed E-state index contributed by atoms with van der Waals surface area (Å²) in [5, 5.41) is 21.7. The van der Waals surface area contributed by atoms with Gasteiger partial charge in [-0.15, -0.1) is 13.2 Å². The number of nitrogens with one attached hydrogen (secondary N) is 5. The molecule has 0 saturated heterocycles. The summed E-state index contributed by atoms with van der Waals surface area (Å²) in [6.45, 7) is 10.4. The molecule has 2 rings (SSSR count). The van der Waals surface area contributed by atoms with Crippen molar-refractivity contribution in [3.8, 4) is 0 Å². The first-order chi connectivity index (χ1) is 22.9. The summed E-state index contributed by atoms with van der Waals surface area (Å²) in [5.41, 5.74) is 0.308. The first-order valence-corrected chi connectivity index (χ1v) is 16.0. The molecule has 0 heterocycles. The van der Waals surface area contributed by atoms with Crippen molar-refractivity contribution in [3.05, 3.63) is 61.2 Å². The molecule has 48 heavy (non-hydrogen) atoms. The third kappa shape index (κ3) is 13.0. The maximum Gasteiger partial charge on any atom is 0.407 e. The summed E-state index contributed by atoms with van der Waals surface area (Å²) in [6.07, 6.45) is 5.98. The predicted molar refractivity (Wildman–Crippen MR) is 176 cm³/mol. The lowest BCUT2D eigenvalue weighted by Crippen LogP contribution is -2.58. The number of amides is 5. The van der Waals surface area contributed by atoms with Crippen LogP contribution in [0.5, 0.6) is 0 Å². The molecule has 0 aliphatic heterocycles. The summed E-state index contributed by atoms with van der Waals surface area (Å²) in [4.78, 5) is 89.1. The topological polar surface area (TPSA) is 209 Å². The van der Waals surface area contributed by atoms with Crippen molar-refractivity contribution < 1.29 is 43.4 Å². The Morgan fingerprint density at radius 2 is 1.46 bits per heavy atom. The molecule has 6 N–H and O–H groups in total. The summed E-state index contributed by atoms with van der Waals surface area (Å²) in [7, 11) is 0. The molecule has 1 aliphatic rings. The number of rotatable bonds is 19. The molecule has 14 heteroatoms. The number of carboxylic acids is 1. The lowest BCUT2D eigenvalue weighted by molar-refractivity contribution is -0.142. The fourth-order valence-electron chi connectivity index (χ4n) is 5.16. The van der Waals surface area contributed by atoms with E-state index in [-0.39, 0.29) is 31.3 Å². The number of ether oxygens (including phenoxy) is 1. The molecule has 1 aromatic carbocycles. The van der Waals surface area contributed by atoms with Crippen LogP contribution in [0, 0.1) is 11.8 Å². The molecule has 1 fully saturated rings. The van der Waals surface area contributed by atoms with Gasteiger partial charge >= 0.3 is 12.1 Å². The lowest BCUT2D eigenvalue weighted by atomic mass is 9.83. The zero-order valence-electron chi connectivity index (χ0n) is 27.5. The van der Waals surface area contributed by atoms with Gasteiger partial charge in [-0.05, 0) is 43.1 Å². The van der Waals surface area contributed by atoms with E-state index in [2.05, 4.69) is 39.7 Å². The van der Waals surface area contributed by atoms with E-state index in [0.717, 1.165) is 19.3 Å². The number of benzene rings is 1. The molecule has 262 valence electrons. The van der Waals surface area contributed by atoms with Gasteiger partial charge in [-0.1, -0.05) is 75.6 Å². The number of carboxylic acid groups (broad SMARTS) is 1. The van der Waals surface area contributed by atoms with Crippen LogP contribution in [0.1, 0.15) is 70.4 Å². The van der Waals surface area contributed by atoms with Crippen molar-refractivity contribution in [1.82, 2.24) is 26.6 Å². The minimum absolute atomic E-state index is 0.0275. The van der Waals surface area contributed by atoms with Crippen molar-refractivity contribution in [3.63, 3.8) is 0 Å². The Kier molecular flexibility index (Phi) is 16.5. The number of hydrogen-bond donors (Lipinski definition) is 6. The predicted octanol–water partition coefficient (Wildman–Crippen LogP) is 2.07. The van der Waals surface area contributed by atoms with Crippen LogP contribution < -0.4 is 26.6 Å². The number of aliphatic carboxylic acids is 1. The van der Waals surface area contributed by atoms with Crippen LogP contribution in [0.4, 0.5) is 4.79 Å². The molecule has 0 radical (unpaired) electrons. The number of ketones is 1. The third-order valence-corrected chi connectivity index (χ3v) is 7.61. The van der Waals surface area contributed by atoms with Crippen LogP contribution in [0.3, 0.4) is 0 Å². The van der Waals surface area contributed by atoms with E-state index in [0.29, 0.717) is 18.4 Å². The second-order valence-electron chi connectivity index (χ2n) is 12.0. The molecule has 1 aromatic rings. The van der Waals surface area contributed by atoms with Crippen LogP contribution in [0.25, 0.3) is 0 Å². The lowest BCUT2D eigenvalue weighted by Gasteiger charge is -2.31. The quantitative estimate of drug-likeness (QED) is 0.0940. The summed E-state index contributed by atoms with van der Waals surface area (Å²) >= 11 is 0. The highest BCUT2D eigenvalue weighted by atomic mass is 16.5. The number of carbonyl (C=O) groups is 7. The van der Waals surface area contributed by atoms with Crippen LogP contribution in [-0.2, 0) is 33.5 Å². The molecule has 0 aromatic heterocycles. The second-order valence-corrected chi connectivity index (χ2v) is 12.0. The fraction of sp³-hybridized carbons (Fsp3) is 0.500. The third-order valence-electron chi connectivity index (χ3n) is 7.61. The van der Waals surface area contributed by atoms with Crippen molar-refractivity contribution in [1.29, 1.82) is 0 Å². The Balaban J connectivity index is 2.07. The number of hydrogen-bond acceptors (Lipinski definition) is 8. The van der Waals surface area contributed by atoms with Gasteiger partial charge < -0.3 is 36.4 Å². The van der Waals surface area contributed by atoms with E-state index in [9.17, 15) is 38.7 Å². The van der Waals surface area contributed by atoms with Crippen molar-refractivity contribution >= 4 is 41.5 Å². The zero-order chi connectivity index (χ0) is 35.6. The number of carbonyl (C=O) groups excluding carboxylic acids is 6. The molecule has 1 saturated carbocycles. The van der Waals surface area contributed by atoms with E-state index < -0.39 is 72.2 Å². The van der Waals surface area contributed by atoms with Crippen LogP contribution in [-0.4, -0.2) is 77.9 Å². The number of alkyl carbamates (subject to hydrolysis) is 1. The average molecular weight is 670 g/mol. The zero-order valence-corrected chi connectivity index (χ0v) is 27.5. The second kappa shape index (κ2) is 20.3. The van der Waals surface area contributed by atoms with Gasteiger partial charge in [0.25, 0.3) is 5.91 Å². The van der Waals surface area contributed by atoms with E-state index in [1.807, 2.05) is 13.8 Å². The summed E-state index contributed by atoms with van der Waals surface area (Å²) in [5.74, 6) is -5.94. The van der Waals surface area contributed by atoms with Crippen LogP contribution in [0.2, 0.25) is 0 Å². The fourth-order valence-corrected chi connectivity index (χ4v) is 5.16. The maximum absolute atomic E-state index is 13.5. The molecule has 0 spiro atoms. The van der Waals surface area contributed by atoms with Gasteiger partial charge in [0.05, 0.1) is 13.2 Å². The molecule has 0 bridgehead atoms. The summed E-state index contributed by atoms with van der Waals surface area (Å²) < 4.78 is 5.23. The number of Topliss-reactive ketones (excluding diaryl/α,β-unsaturated/α-hetero) is 1. The average Bonchev–Trinajstić information content (AvgIpc) is 3.07. The monoisotopic (exact) mass is 669 g/mol. The SMILES string of the molecule is C=CCC(NC(=O)C(NC(=O)OCC(C)C)C1CCCCC1)C(=O)NC(CC=C)C(=O)C(=O)NCC(=O)NC(C(=O)O)c1ccccc1. The minimum atomic E-state index is -1.39. The van der Waals surface area contributed by atoms with E-state index >= 15 is 0 Å². The highest BCUT2D eigenvalue weighted by Crippen LogP contribution is 2.27. The largest absolute Gasteiger partial charge is 0.479 e. The van der Waals surface area contributed by atoms with E-state index in [4.69, 9.17) is 4.74 Å². The highest BCUT2D eigenvalue weighted by molar-refractivity contribution is 6.38. The molecule has 5 amide bonds. The standard InChI is InChI=1S/C34H47N5O9/c1-5-13-24(29(41)32(44)35-19-26(40)38-28(33(45)46)23-17-11-8-12-18-23)36-30(42)25(14-6-2)37-31(43)27(22-15-9-7-10-16-22)39-34(47)48-20-21(3)4/h5-6,8,11-12,17-18,21-22,24-25,27-28H,1-2,7,9-10,13-16,19-20H2,3-4H3,(H,35,44)(H,36,42)(H,37,43)(H,38,40)(H,39,47)(H,45,46). The van der Waals surface area contributed by atoms with Crippen LogP contribution >= 0.6 is 0 Å². The molecule has 14 nitrogen and oxygen atoms in total. The molecule has 1 aliphatic carbocycles. The van der Waals surface area contributed by atoms with Gasteiger partial charge in [0.1, 0.15) is 18.1 Å². The molecule has 4 unspecified atom stereocenters. The van der Waals surface area contributed by atoms with Crippen molar-refractivity contribution in [2.24, 2.45) is 11.8 Å². The Morgan fingerprint density at radius 3 is 2.04 bits per heavy atom. The van der Waals surface area contributed by atoms with Gasteiger partial charge in [-0.3, -0.25) is 24.0 Å². The van der Waals surface area contributed by atoms with Crippen molar-refractivity contribution in [2.45, 2.75) is 83.0 Å². The Hall–Kier alpha value is -5.01. The Labute approximate surface area is 280 Å². The van der Waals surface area contributed by atoms with Gasteiger partial charge in [0.2, 0.25) is 23.5 Å². The smallest absolute Gasteiger partial charge is 0.407 e. The first-order valence-electron chi connectivity index (χ1n) is 16.0. The van der Waals surface area contributed by atoms with Gasteiger partial charge in [0, 0.05) is 0 Å². The Bertz CT molecular complexity index is 1310. The molecular weight excluding hydrogens is 622 g/mol. The normalized spacial score (nSPS) is 15.4. The molecular formula is C34H47N5O9. The first kappa shape index (κ1) is 39.2. The van der Waals surface area contributed by atoms with E-state index in [1.54, 1.807) is 18.2 Å². The van der Waals surface area contributed by atoms with Gasteiger partial charge in [0.15, 0.2) is 6.04 Å². The highest BCUT2D eigenvalue weighted by Gasteiger charge is 2.35. The van der Waals surface area contributed by atoms with Gasteiger partial charge in [-0.25, -0.2) is 9.59 Å². The van der Waals surface area contributed by atoms with E-state index in [1.165, 1.54) is 24.3 Å². The maximum atomic E-state index is 13.5. The minimum Gasteiger partial charge on any atom is -0.479 e. The Morgan fingerprint density at radius 1 is 0.854 bits per heavy atom. The molecule has 4 atom stereocenters. The van der Waals surface area contributed by atoms with Gasteiger partial charge in [-0.2, -0.15) is 0 Å². The van der Waals surface area contributed by atoms with Crippen molar-refractivity contribution in [2.75, 3.05) is 13.2 Å². The van der Waals surface area contributed by atoms with Crippen LogP contribution in [0.15, 0.2) is 55.6 Å².